The number of hydrogen-bond donors (Lipinski definition) is 0. The molecule has 0 amide bonds. The molecule has 0 aliphatic carbocycles. The Bertz CT molecular complexity index is 1210. The lowest BCUT2D eigenvalue weighted by Crippen LogP contribution is -2.48. The summed E-state index contributed by atoms with van der Waals surface area (Å²) in [4.78, 5) is 4.81. The van der Waals surface area contributed by atoms with E-state index < -0.39 is 0 Å². The minimum Gasteiger partial charge on any atom is -0.496 e. The van der Waals surface area contributed by atoms with Crippen LogP contribution in [0.5, 0.6) is 5.75 Å². The molecule has 1 aromatic heterocycles. The number of benzene rings is 3. The van der Waals surface area contributed by atoms with Gasteiger partial charge in [-0.3, -0.25) is 4.90 Å². The van der Waals surface area contributed by atoms with Crippen LogP contribution in [0, 0.1) is 5.82 Å². The molecule has 7 nitrogen and oxygen atoms in total. The number of hydrogen-bond acceptors (Lipinski definition) is 6. The second kappa shape index (κ2) is 10.0. The van der Waals surface area contributed by atoms with Gasteiger partial charge in [0.05, 0.1) is 13.7 Å². The Hall–Kier alpha value is -3.78. The van der Waals surface area contributed by atoms with Gasteiger partial charge in [-0.25, -0.2) is 9.07 Å². The molecule has 1 atom stereocenters. The van der Waals surface area contributed by atoms with Crippen molar-refractivity contribution in [1.29, 1.82) is 0 Å². The van der Waals surface area contributed by atoms with Crippen LogP contribution in [0.3, 0.4) is 0 Å². The maximum absolute atomic E-state index is 13.4. The summed E-state index contributed by atoms with van der Waals surface area (Å²) < 4.78 is 20.9. The Kier molecular flexibility index (Phi) is 6.49. The monoisotopic (exact) mass is 458 g/mol. The number of piperazine rings is 1. The lowest BCUT2D eigenvalue weighted by molar-refractivity contribution is 0.198. The summed E-state index contributed by atoms with van der Waals surface area (Å²) in [5.74, 6) is 1.28. The highest BCUT2D eigenvalue weighted by Crippen LogP contribution is 2.34. The number of aromatic nitrogens is 4. The van der Waals surface area contributed by atoms with Crippen molar-refractivity contribution in [3.8, 4) is 5.75 Å². The van der Waals surface area contributed by atoms with Crippen LogP contribution < -0.4 is 9.64 Å². The van der Waals surface area contributed by atoms with Gasteiger partial charge >= 0.3 is 0 Å². The molecule has 5 rings (SSSR count). The molecule has 1 unspecified atom stereocenters. The molecule has 3 aromatic carbocycles. The molecular formula is C26H27FN6O. The van der Waals surface area contributed by atoms with Gasteiger partial charge in [-0.2, -0.15) is 0 Å². The van der Waals surface area contributed by atoms with E-state index in [4.69, 9.17) is 4.74 Å². The fourth-order valence-corrected chi connectivity index (χ4v) is 4.55. The van der Waals surface area contributed by atoms with Gasteiger partial charge in [-0.1, -0.05) is 48.5 Å². The van der Waals surface area contributed by atoms with E-state index in [9.17, 15) is 4.39 Å². The SMILES string of the molecule is COc1ccccc1C(c1nnnn1Cc1ccc(F)cc1)N1CCN(c2ccccc2)CC1. The van der Waals surface area contributed by atoms with E-state index in [2.05, 4.69) is 55.7 Å². The zero-order chi connectivity index (χ0) is 23.3. The van der Waals surface area contributed by atoms with E-state index in [0.29, 0.717) is 6.54 Å². The summed E-state index contributed by atoms with van der Waals surface area (Å²) in [7, 11) is 1.69. The van der Waals surface area contributed by atoms with Gasteiger partial charge in [-0.05, 0) is 46.3 Å². The highest BCUT2D eigenvalue weighted by molar-refractivity contribution is 5.46. The Morgan fingerprint density at radius 3 is 2.32 bits per heavy atom. The molecule has 34 heavy (non-hydrogen) atoms. The Labute approximate surface area is 198 Å². The molecule has 174 valence electrons. The number of nitrogens with zero attached hydrogens (tertiary/aromatic N) is 6. The van der Waals surface area contributed by atoms with Gasteiger partial charge in [0.2, 0.25) is 0 Å². The molecule has 0 spiro atoms. The van der Waals surface area contributed by atoms with Crippen molar-refractivity contribution in [1.82, 2.24) is 25.1 Å². The third-order valence-electron chi connectivity index (χ3n) is 6.28. The maximum atomic E-state index is 13.4. The summed E-state index contributed by atoms with van der Waals surface area (Å²) >= 11 is 0. The summed E-state index contributed by atoms with van der Waals surface area (Å²) in [5, 5.41) is 12.7. The van der Waals surface area contributed by atoms with Crippen LogP contribution in [0.1, 0.15) is 23.0 Å². The van der Waals surface area contributed by atoms with Crippen molar-refractivity contribution in [2.24, 2.45) is 0 Å². The van der Waals surface area contributed by atoms with Crippen molar-refractivity contribution >= 4 is 5.69 Å². The van der Waals surface area contributed by atoms with Gasteiger partial charge in [0.15, 0.2) is 5.82 Å². The fraction of sp³-hybridized carbons (Fsp3) is 0.269. The average molecular weight is 459 g/mol. The predicted octanol–water partition coefficient (Wildman–Crippen LogP) is 3.78. The number of anilines is 1. The number of tetrazole rings is 1. The summed E-state index contributed by atoms with van der Waals surface area (Å²) in [5.41, 5.74) is 3.19. The van der Waals surface area contributed by atoms with E-state index >= 15 is 0 Å². The molecule has 4 aromatic rings. The quantitative estimate of drug-likeness (QED) is 0.420. The number of rotatable bonds is 7. The maximum Gasteiger partial charge on any atom is 0.173 e. The number of para-hydroxylation sites is 2. The van der Waals surface area contributed by atoms with Crippen LogP contribution in [-0.2, 0) is 6.54 Å². The minimum absolute atomic E-state index is 0.176. The first-order valence-corrected chi connectivity index (χ1v) is 11.4. The van der Waals surface area contributed by atoms with Gasteiger partial charge in [0.25, 0.3) is 0 Å². The second-order valence-corrected chi connectivity index (χ2v) is 8.32. The summed E-state index contributed by atoms with van der Waals surface area (Å²) in [6.07, 6.45) is 0. The zero-order valence-electron chi connectivity index (χ0n) is 19.1. The van der Waals surface area contributed by atoms with Gasteiger partial charge in [0, 0.05) is 37.4 Å². The molecule has 1 saturated heterocycles. The van der Waals surface area contributed by atoms with Crippen LogP contribution in [-0.4, -0.2) is 58.4 Å². The third-order valence-corrected chi connectivity index (χ3v) is 6.28. The molecule has 1 aliphatic rings. The van der Waals surface area contributed by atoms with Crippen molar-refractivity contribution < 1.29 is 9.13 Å². The second-order valence-electron chi connectivity index (χ2n) is 8.32. The zero-order valence-corrected chi connectivity index (χ0v) is 19.1. The van der Waals surface area contributed by atoms with E-state index in [1.165, 1.54) is 17.8 Å². The number of ether oxygens (including phenoxy) is 1. The molecular weight excluding hydrogens is 431 g/mol. The fourth-order valence-electron chi connectivity index (χ4n) is 4.55. The average Bonchev–Trinajstić information content (AvgIpc) is 3.34. The first-order valence-electron chi connectivity index (χ1n) is 11.4. The largest absolute Gasteiger partial charge is 0.496 e. The first-order chi connectivity index (χ1) is 16.7. The predicted molar refractivity (Wildman–Crippen MR) is 128 cm³/mol. The highest BCUT2D eigenvalue weighted by Gasteiger charge is 2.32. The summed E-state index contributed by atoms with van der Waals surface area (Å²) in [6.45, 7) is 3.95. The molecule has 0 radical (unpaired) electrons. The molecule has 0 bridgehead atoms. The molecule has 2 heterocycles. The van der Waals surface area contributed by atoms with Crippen molar-refractivity contribution in [3.05, 3.63) is 102 Å². The van der Waals surface area contributed by atoms with E-state index in [1.807, 2.05) is 24.3 Å². The molecule has 1 fully saturated rings. The standard InChI is InChI=1S/C26H27FN6O/c1-34-24-10-6-5-9-23(24)25(32-17-15-31(16-18-32)22-7-3-2-4-8-22)26-28-29-30-33(26)19-20-11-13-21(27)14-12-20/h2-14,25H,15-19H2,1H3. The lowest BCUT2D eigenvalue weighted by atomic mass is 10.0. The van der Waals surface area contributed by atoms with Crippen molar-refractivity contribution in [2.45, 2.75) is 12.6 Å². The topological polar surface area (TPSA) is 59.3 Å². The molecule has 1 aliphatic heterocycles. The number of methoxy groups -OCH3 is 1. The Morgan fingerprint density at radius 1 is 0.882 bits per heavy atom. The van der Waals surface area contributed by atoms with Crippen molar-refractivity contribution in [3.63, 3.8) is 0 Å². The van der Waals surface area contributed by atoms with Gasteiger partial charge < -0.3 is 9.64 Å². The highest BCUT2D eigenvalue weighted by atomic mass is 19.1. The van der Waals surface area contributed by atoms with Crippen LogP contribution in [0.25, 0.3) is 0 Å². The van der Waals surface area contributed by atoms with E-state index in [-0.39, 0.29) is 11.9 Å². The number of halogens is 1. The summed E-state index contributed by atoms with van der Waals surface area (Å²) in [6, 6.07) is 24.8. The van der Waals surface area contributed by atoms with Crippen LogP contribution in [0.2, 0.25) is 0 Å². The molecule has 0 N–H and O–H groups in total. The van der Waals surface area contributed by atoms with E-state index in [0.717, 1.165) is 48.9 Å². The van der Waals surface area contributed by atoms with Crippen LogP contribution in [0.15, 0.2) is 78.9 Å². The van der Waals surface area contributed by atoms with Crippen LogP contribution >= 0.6 is 0 Å². The molecule has 8 heteroatoms. The van der Waals surface area contributed by atoms with Crippen LogP contribution in [0.4, 0.5) is 10.1 Å². The first kappa shape index (κ1) is 22.0. The Morgan fingerprint density at radius 2 is 1.59 bits per heavy atom. The smallest absolute Gasteiger partial charge is 0.173 e. The normalized spacial score (nSPS) is 15.3. The molecule has 0 saturated carbocycles. The van der Waals surface area contributed by atoms with Gasteiger partial charge in [0.1, 0.15) is 17.6 Å². The van der Waals surface area contributed by atoms with Gasteiger partial charge in [-0.15, -0.1) is 5.10 Å². The third kappa shape index (κ3) is 4.63. The Balaban J connectivity index is 1.46. The minimum atomic E-state index is -0.260. The van der Waals surface area contributed by atoms with Crippen molar-refractivity contribution in [2.75, 3.05) is 38.2 Å². The van der Waals surface area contributed by atoms with E-state index in [1.54, 1.807) is 23.9 Å². The lowest BCUT2D eigenvalue weighted by Gasteiger charge is -2.40.